The third kappa shape index (κ3) is 4.01. The zero-order valence-electron chi connectivity index (χ0n) is 15.7. The lowest BCUT2D eigenvalue weighted by atomic mass is 10.2. The summed E-state index contributed by atoms with van der Waals surface area (Å²) in [5.41, 5.74) is 7.82. The molecule has 1 aliphatic heterocycles. The van der Waals surface area contributed by atoms with E-state index in [0.29, 0.717) is 11.7 Å². The molecule has 3 N–H and O–H groups in total. The third-order valence-corrected chi connectivity index (χ3v) is 6.66. The molecule has 0 radical (unpaired) electrons. The minimum Gasteiger partial charge on any atom is -0.454 e. The topological polar surface area (TPSA) is 87.2 Å². The lowest BCUT2D eigenvalue weighted by Gasteiger charge is -2.12. The number of rotatable bonds is 7. The van der Waals surface area contributed by atoms with Crippen molar-refractivity contribution in [2.75, 3.05) is 25.6 Å². The Hall–Kier alpha value is -1.72. The summed E-state index contributed by atoms with van der Waals surface area (Å²) >= 11 is 3.92. The molecule has 4 rings (SSSR count). The fourth-order valence-corrected chi connectivity index (χ4v) is 4.73. The number of fused-ring (bicyclic) bond motifs is 2. The van der Waals surface area contributed by atoms with Gasteiger partial charge in [-0.25, -0.2) is 9.97 Å². The molecule has 3 aromatic rings. The molecule has 3 heterocycles. The molecule has 0 aliphatic carbocycles. The van der Waals surface area contributed by atoms with Crippen LogP contribution in [-0.2, 0) is 6.54 Å². The summed E-state index contributed by atoms with van der Waals surface area (Å²) in [6.07, 6.45) is 1.73. The summed E-state index contributed by atoms with van der Waals surface area (Å²) in [6.45, 7) is 7.32. The number of aromatic nitrogens is 3. The normalized spacial score (nSPS) is 13.0. The number of halogens is 1. The van der Waals surface area contributed by atoms with Gasteiger partial charge >= 0.3 is 0 Å². The fourth-order valence-electron chi connectivity index (χ4n) is 3.00. The van der Waals surface area contributed by atoms with Gasteiger partial charge in [-0.15, -0.1) is 0 Å². The van der Waals surface area contributed by atoms with Crippen molar-refractivity contribution in [2.24, 2.45) is 5.92 Å². The van der Waals surface area contributed by atoms with Gasteiger partial charge in [0.2, 0.25) is 6.79 Å². The van der Waals surface area contributed by atoms with Crippen molar-refractivity contribution < 1.29 is 9.47 Å². The zero-order valence-corrected chi connectivity index (χ0v) is 18.7. The lowest BCUT2D eigenvalue weighted by molar-refractivity contribution is 0.174. The summed E-state index contributed by atoms with van der Waals surface area (Å²) in [5.74, 6) is 2.62. The van der Waals surface area contributed by atoms with Crippen LogP contribution in [0.2, 0.25) is 0 Å². The molecule has 0 fully saturated rings. The Labute approximate surface area is 181 Å². The van der Waals surface area contributed by atoms with Gasteiger partial charge in [-0.3, -0.25) is 0 Å². The standard InChI is InChI=1S/C19H22IN5O2S/c1-11(2)9-22-5-6-25-13-3-4-23-18(21)17(13)24-19(25)28-16-8-15-14(7-12(16)20)26-10-27-15/h3-4,7-8,11,22H,5-6,9-10H2,1-2H3,(H2,21,23). The molecule has 1 aliphatic rings. The van der Waals surface area contributed by atoms with Gasteiger partial charge in [0.25, 0.3) is 0 Å². The largest absolute Gasteiger partial charge is 0.454 e. The number of nitrogens with zero attached hydrogens (tertiary/aromatic N) is 3. The van der Waals surface area contributed by atoms with Crippen molar-refractivity contribution in [1.29, 1.82) is 0 Å². The predicted octanol–water partition coefficient (Wildman–Crippen LogP) is 3.74. The Morgan fingerprint density at radius 1 is 1.32 bits per heavy atom. The van der Waals surface area contributed by atoms with Crippen LogP contribution in [0.3, 0.4) is 0 Å². The Morgan fingerprint density at radius 3 is 2.89 bits per heavy atom. The number of nitrogens with one attached hydrogen (secondary N) is 1. The van der Waals surface area contributed by atoms with Gasteiger partial charge in [-0.05, 0) is 53.3 Å². The van der Waals surface area contributed by atoms with Crippen molar-refractivity contribution in [3.8, 4) is 11.5 Å². The van der Waals surface area contributed by atoms with Crippen LogP contribution in [0.4, 0.5) is 5.82 Å². The highest BCUT2D eigenvalue weighted by molar-refractivity contribution is 14.1. The number of imidazole rings is 1. The summed E-state index contributed by atoms with van der Waals surface area (Å²) < 4.78 is 14.3. The van der Waals surface area contributed by atoms with E-state index in [1.165, 1.54) is 0 Å². The van der Waals surface area contributed by atoms with Crippen molar-refractivity contribution in [2.45, 2.75) is 30.4 Å². The molecule has 0 bridgehead atoms. The van der Waals surface area contributed by atoms with E-state index < -0.39 is 0 Å². The van der Waals surface area contributed by atoms with Gasteiger partial charge in [0.1, 0.15) is 5.52 Å². The number of nitrogens with two attached hydrogens (primary N) is 1. The van der Waals surface area contributed by atoms with Crippen molar-refractivity contribution in [1.82, 2.24) is 19.9 Å². The predicted molar refractivity (Wildman–Crippen MR) is 119 cm³/mol. The molecule has 1 aromatic carbocycles. The Balaban J connectivity index is 1.66. The average molecular weight is 511 g/mol. The average Bonchev–Trinajstić information content (AvgIpc) is 3.24. The fraction of sp³-hybridized carbons (Fsp3) is 0.368. The van der Waals surface area contributed by atoms with E-state index in [-0.39, 0.29) is 6.79 Å². The monoisotopic (exact) mass is 511 g/mol. The van der Waals surface area contributed by atoms with E-state index in [9.17, 15) is 0 Å². The molecule has 0 saturated heterocycles. The van der Waals surface area contributed by atoms with Crippen LogP contribution in [0.1, 0.15) is 13.8 Å². The minimum absolute atomic E-state index is 0.266. The van der Waals surface area contributed by atoms with Gasteiger partial charge in [0.15, 0.2) is 22.5 Å². The van der Waals surface area contributed by atoms with Gasteiger partial charge in [-0.1, -0.05) is 25.6 Å². The van der Waals surface area contributed by atoms with Crippen LogP contribution in [0.5, 0.6) is 11.5 Å². The van der Waals surface area contributed by atoms with Gasteiger partial charge in [0, 0.05) is 27.8 Å². The van der Waals surface area contributed by atoms with Crippen molar-refractivity contribution in [3.05, 3.63) is 28.0 Å². The maximum atomic E-state index is 6.08. The van der Waals surface area contributed by atoms with Crippen LogP contribution < -0.4 is 20.5 Å². The number of anilines is 1. The Bertz CT molecular complexity index is 1010. The first-order chi connectivity index (χ1) is 13.5. The maximum absolute atomic E-state index is 6.08. The molecule has 7 nitrogen and oxygen atoms in total. The van der Waals surface area contributed by atoms with Gasteiger partial charge < -0.3 is 25.1 Å². The van der Waals surface area contributed by atoms with Crippen LogP contribution in [0.25, 0.3) is 11.0 Å². The number of ether oxygens (including phenoxy) is 2. The van der Waals surface area contributed by atoms with Crippen LogP contribution >= 0.6 is 34.4 Å². The van der Waals surface area contributed by atoms with E-state index >= 15 is 0 Å². The van der Waals surface area contributed by atoms with Gasteiger partial charge in [-0.2, -0.15) is 0 Å². The molecule has 0 spiro atoms. The molecular weight excluding hydrogens is 489 g/mol. The minimum atomic E-state index is 0.266. The molecule has 0 unspecified atom stereocenters. The highest BCUT2D eigenvalue weighted by atomic mass is 127. The molecule has 28 heavy (non-hydrogen) atoms. The lowest BCUT2D eigenvalue weighted by Crippen LogP contribution is -2.24. The van der Waals surface area contributed by atoms with Crippen LogP contribution in [-0.4, -0.2) is 34.4 Å². The number of benzene rings is 1. The maximum Gasteiger partial charge on any atom is 0.231 e. The second-order valence-corrected chi connectivity index (χ2v) is 9.12. The Kier molecular flexibility index (Phi) is 5.83. The number of nitrogen functional groups attached to an aromatic ring is 1. The summed E-state index contributed by atoms with van der Waals surface area (Å²) in [7, 11) is 0. The zero-order chi connectivity index (χ0) is 19.7. The number of hydrogen-bond donors (Lipinski definition) is 2. The second kappa shape index (κ2) is 8.34. The molecule has 148 valence electrons. The highest BCUT2D eigenvalue weighted by Crippen LogP contribution is 2.41. The van der Waals surface area contributed by atoms with E-state index in [1.807, 2.05) is 18.2 Å². The van der Waals surface area contributed by atoms with Crippen molar-refractivity contribution in [3.63, 3.8) is 0 Å². The third-order valence-electron chi connectivity index (χ3n) is 4.35. The SMILES string of the molecule is CC(C)CNCCn1c(Sc2cc3c(cc2I)OCO3)nc2c(N)nccc21. The van der Waals surface area contributed by atoms with Crippen LogP contribution in [0.15, 0.2) is 34.4 Å². The van der Waals surface area contributed by atoms with Crippen molar-refractivity contribution >= 4 is 51.2 Å². The van der Waals surface area contributed by atoms with E-state index in [4.69, 9.17) is 20.2 Å². The second-order valence-electron chi connectivity index (χ2n) is 6.95. The number of hydrogen-bond acceptors (Lipinski definition) is 7. The Morgan fingerprint density at radius 2 is 2.11 bits per heavy atom. The number of pyridine rings is 1. The van der Waals surface area contributed by atoms with Gasteiger partial charge in [0.05, 0.1) is 5.52 Å². The van der Waals surface area contributed by atoms with E-state index in [1.54, 1.807) is 18.0 Å². The molecular formula is C19H22IN5O2S. The first-order valence-corrected chi connectivity index (χ1v) is 11.0. The highest BCUT2D eigenvalue weighted by Gasteiger charge is 2.20. The summed E-state index contributed by atoms with van der Waals surface area (Å²) in [6, 6.07) is 5.98. The molecule has 9 heteroatoms. The quantitative estimate of drug-likeness (QED) is 0.369. The molecule has 0 saturated carbocycles. The summed E-state index contributed by atoms with van der Waals surface area (Å²) in [4.78, 5) is 10.1. The smallest absolute Gasteiger partial charge is 0.231 e. The summed E-state index contributed by atoms with van der Waals surface area (Å²) in [5, 5.41) is 4.38. The molecule has 2 aromatic heterocycles. The van der Waals surface area contributed by atoms with E-state index in [0.717, 1.165) is 55.8 Å². The first kappa shape index (κ1) is 19.6. The first-order valence-electron chi connectivity index (χ1n) is 9.11. The van der Waals surface area contributed by atoms with Crippen LogP contribution in [0, 0.1) is 9.49 Å². The van der Waals surface area contributed by atoms with E-state index in [2.05, 4.69) is 51.3 Å². The molecule has 0 amide bonds. The molecule has 0 atom stereocenters.